The lowest BCUT2D eigenvalue weighted by atomic mass is 10.0. The van der Waals surface area contributed by atoms with Crippen molar-refractivity contribution in [2.24, 2.45) is 0 Å². The van der Waals surface area contributed by atoms with Crippen molar-refractivity contribution in [2.75, 3.05) is 0 Å². The summed E-state index contributed by atoms with van der Waals surface area (Å²) in [7, 11) is 0. The van der Waals surface area contributed by atoms with Crippen molar-refractivity contribution in [1.82, 2.24) is 0 Å². The molecule has 1 heterocycles. The summed E-state index contributed by atoms with van der Waals surface area (Å²) in [6.45, 7) is 0. The molecule has 0 N–H and O–H groups in total. The van der Waals surface area contributed by atoms with E-state index in [0.29, 0.717) is 0 Å². The van der Waals surface area contributed by atoms with Crippen molar-refractivity contribution in [3.63, 3.8) is 0 Å². The van der Waals surface area contributed by atoms with Crippen LogP contribution in [0.1, 0.15) is 17.5 Å². The molecule has 1 heteroatoms. The molecule has 5 aromatic carbocycles. The molecular weight excluding hydrogens is 446 g/mol. The Kier molecular flexibility index (Phi) is 5.26. The minimum atomic E-state index is 0.968. The first kappa shape index (κ1) is 21.5. The first-order chi connectivity index (χ1) is 18.4. The van der Waals surface area contributed by atoms with Gasteiger partial charge in [-0.1, -0.05) is 108 Å². The van der Waals surface area contributed by atoms with Gasteiger partial charge in [0.05, 0.1) is 5.39 Å². The van der Waals surface area contributed by atoms with Gasteiger partial charge in [-0.2, -0.15) is 16.2 Å². The van der Waals surface area contributed by atoms with Crippen LogP contribution in [-0.4, -0.2) is 0 Å². The number of fused-ring (bicyclic) bond motifs is 4. The molecule has 0 bridgehead atoms. The SMILES string of the molecule is [C-]1=C2C(=CC1)c1cccc3cccc2c13.c1ccc(-c2cc[n+](-c3ccccc3)c3ccccc23)cc1. The van der Waals surface area contributed by atoms with Gasteiger partial charge in [0.25, 0.3) is 0 Å². The highest BCUT2D eigenvalue weighted by Crippen LogP contribution is 2.47. The Hall–Kier alpha value is -4.75. The van der Waals surface area contributed by atoms with Gasteiger partial charge in [-0.3, -0.25) is 0 Å². The molecule has 0 amide bonds. The van der Waals surface area contributed by atoms with Crippen LogP contribution in [0, 0.1) is 6.08 Å². The van der Waals surface area contributed by atoms with Gasteiger partial charge < -0.3 is 0 Å². The third-order valence-corrected chi connectivity index (χ3v) is 7.28. The molecule has 0 radical (unpaired) electrons. The minimum absolute atomic E-state index is 0.968. The molecule has 0 atom stereocenters. The lowest BCUT2D eigenvalue weighted by molar-refractivity contribution is -0.567. The van der Waals surface area contributed by atoms with Crippen molar-refractivity contribution in [1.29, 1.82) is 0 Å². The Labute approximate surface area is 217 Å². The van der Waals surface area contributed by atoms with Gasteiger partial charge in [0.1, 0.15) is 0 Å². The molecule has 174 valence electrons. The summed E-state index contributed by atoms with van der Waals surface area (Å²) < 4.78 is 2.24. The Morgan fingerprint density at radius 3 is 2.08 bits per heavy atom. The number of hydrogen-bond acceptors (Lipinski definition) is 0. The molecule has 1 nitrogen and oxygen atoms in total. The maximum Gasteiger partial charge on any atom is 0.219 e. The Bertz CT molecular complexity index is 1700. The minimum Gasteiger partial charge on any atom is -0.197 e. The molecule has 8 rings (SSSR count). The van der Waals surface area contributed by atoms with Crippen molar-refractivity contribution in [3.8, 4) is 16.8 Å². The second-order valence-electron chi connectivity index (χ2n) is 9.40. The van der Waals surface area contributed by atoms with Gasteiger partial charge in [-0.15, -0.1) is 23.3 Å². The van der Waals surface area contributed by atoms with E-state index in [1.807, 2.05) is 6.07 Å². The number of rotatable bonds is 2. The van der Waals surface area contributed by atoms with Crippen LogP contribution in [0.2, 0.25) is 0 Å². The largest absolute Gasteiger partial charge is 0.219 e. The first-order valence-electron chi connectivity index (χ1n) is 12.8. The van der Waals surface area contributed by atoms with Crippen LogP contribution in [0.25, 0.3) is 49.6 Å². The van der Waals surface area contributed by atoms with Crippen molar-refractivity contribution in [2.45, 2.75) is 6.42 Å². The number of allylic oxidation sites excluding steroid dienone is 4. The zero-order valence-corrected chi connectivity index (χ0v) is 20.4. The molecule has 0 unspecified atom stereocenters. The van der Waals surface area contributed by atoms with Crippen LogP contribution < -0.4 is 4.57 Å². The van der Waals surface area contributed by atoms with E-state index in [4.69, 9.17) is 0 Å². The van der Waals surface area contributed by atoms with E-state index in [1.54, 1.807) is 0 Å². The van der Waals surface area contributed by atoms with Crippen LogP contribution in [0.4, 0.5) is 0 Å². The van der Waals surface area contributed by atoms with Crippen LogP contribution in [0.15, 0.2) is 140 Å². The Morgan fingerprint density at radius 1 is 0.568 bits per heavy atom. The van der Waals surface area contributed by atoms with E-state index >= 15 is 0 Å². The van der Waals surface area contributed by atoms with E-state index < -0.39 is 0 Å². The van der Waals surface area contributed by atoms with Crippen LogP contribution in [-0.2, 0) is 0 Å². The highest BCUT2D eigenvalue weighted by molar-refractivity contribution is 6.22. The topological polar surface area (TPSA) is 3.88 Å². The Morgan fingerprint density at radius 2 is 1.27 bits per heavy atom. The summed E-state index contributed by atoms with van der Waals surface area (Å²) in [4.78, 5) is 0. The number of nitrogens with zero attached hydrogens (tertiary/aromatic N) is 1. The molecular formula is C36H25N. The summed E-state index contributed by atoms with van der Waals surface area (Å²) in [5.74, 6) is 0. The van der Waals surface area contributed by atoms with Gasteiger partial charge in [0, 0.05) is 29.8 Å². The predicted molar refractivity (Wildman–Crippen MR) is 154 cm³/mol. The number of pyridine rings is 1. The zero-order valence-electron chi connectivity index (χ0n) is 20.4. The van der Waals surface area contributed by atoms with Crippen LogP contribution in [0.3, 0.4) is 0 Å². The highest BCUT2D eigenvalue weighted by atomic mass is 15.0. The maximum atomic E-state index is 3.45. The second-order valence-corrected chi connectivity index (χ2v) is 9.40. The van der Waals surface area contributed by atoms with E-state index in [1.165, 1.54) is 60.8 Å². The fraction of sp³-hybridized carbons (Fsp3) is 0.0278. The number of benzene rings is 5. The molecule has 0 fully saturated rings. The summed E-state index contributed by atoms with van der Waals surface area (Å²) in [6, 6.07) is 44.8. The lowest BCUT2D eigenvalue weighted by Gasteiger charge is -2.07. The number of para-hydroxylation sites is 2. The molecule has 6 aromatic rings. The van der Waals surface area contributed by atoms with Crippen LogP contribution >= 0.6 is 0 Å². The molecule has 0 spiro atoms. The summed E-state index contributed by atoms with van der Waals surface area (Å²) in [6.07, 6.45) is 8.85. The summed E-state index contributed by atoms with van der Waals surface area (Å²) >= 11 is 0. The molecule has 0 saturated heterocycles. The van der Waals surface area contributed by atoms with E-state index in [0.717, 1.165) is 6.42 Å². The fourth-order valence-corrected chi connectivity index (χ4v) is 5.62. The van der Waals surface area contributed by atoms with Gasteiger partial charge in [0.15, 0.2) is 6.20 Å². The highest BCUT2D eigenvalue weighted by Gasteiger charge is 2.16. The van der Waals surface area contributed by atoms with Gasteiger partial charge in [-0.05, 0) is 17.0 Å². The Balaban J connectivity index is 0.000000134. The summed E-state index contributed by atoms with van der Waals surface area (Å²) in [5.41, 5.74) is 10.4. The summed E-state index contributed by atoms with van der Waals surface area (Å²) in [5, 5.41) is 4.02. The quantitative estimate of drug-likeness (QED) is 0.176. The van der Waals surface area contributed by atoms with Gasteiger partial charge >= 0.3 is 0 Å². The van der Waals surface area contributed by atoms with Crippen LogP contribution in [0.5, 0.6) is 0 Å². The average molecular weight is 472 g/mol. The number of hydrogen-bond donors (Lipinski definition) is 0. The lowest BCUT2D eigenvalue weighted by Crippen LogP contribution is -2.30. The van der Waals surface area contributed by atoms with E-state index in [9.17, 15) is 0 Å². The predicted octanol–water partition coefficient (Wildman–Crippen LogP) is 8.61. The third kappa shape index (κ3) is 3.68. The monoisotopic (exact) mass is 471 g/mol. The standard InChI is InChI=1S/C21H16N.C15H9/c1-3-9-17(10-4-1)19-15-16-22(18-11-5-2-6-12-18)21-14-8-7-13-20(19)21;1-4-10-5-2-9-14-12-7-3-6-11(12)13(8-1)15(10)14/h1-16H;1-2,4-6,8-9H,3H2/q+1;-1. The van der Waals surface area contributed by atoms with Crippen molar-refractivity contribution >= 4 is 32.8 Å². The molecule has 2 aliphatic rings. The second kappa shape index (κ2) is 9.04. The van der Waals surface area contributed by atoms with Gasteiger partial charge in [0.2, 0.25) is 11.2 Å². The molecule has 1 aromatic heterocycles. The zero-order chi connectivity index (χ0) is 24.6. The molecule has 2 aliphatic carbocycles. The van der Waals surface area contributed by atoms with E-state index in [-0.39, 0.29) is 0 Å². The van der Waals surface area contributed by atoms with E-state index in [2.05, 4.69) is 144 Å². The first-order valence-corrected chi connectivity index (χ1v) is 12.8. The molecule has 37 heavy (non-hydrogen) atoms. The normalized spacial score (nSPS) is 13.1. The number of aromatic nitrogens is 1. The molecule has 0 aliphatic heterocycles. The smallest absolute Gasteiger partial charge is 0.197 e. The van der Waals surface area contributed by atoms with Crippen molar-refractivity contribution < 1.29 is 4.57 Å². The van der Waals surface area contributed by atoms with Gasteiger partial charge in [-0.25, -0.2) is 0 Å². The average Bonchev–Trinajstić information content (AvgIpc) is 3.58. The fourth-order valence-electron chi connectivity index (χ4n) is 5.62. The third-order valence-electron chi connectivity index (χ3n) is 7.28. The molecule has 0 saturated carbocycles. The van der Waals surface area contributed by atoms with Crippen molar-refractivity contribution in [3.05, 3.63) is 157 Å². The maximum absolute atomic E-state index is 3.45.